The van der Waals surface area contributed by atoms with Crippen LogP contribution in [0.15, 0.2) is 30.5 Å². The maximum absolute atomic E-state index is 10.7. The molecule has 1 aromatic heterocycles. The average molecular weight is 288 g/mol. The second-order valence-corrected chi connectivity index (χ2v) is 5.60. The van der Waals surface area contributed by atoms with Crippen LogP contribution >= 0.6 is 0 Å². The van der Waals surface area contributed by atoms with E-state index in [1.54, 1.807) is 13.3 Å². The lowest BCUT2D eigenvalue weighted by Gasteiger charge is -2.21. The summed E-state index contributed by atoms with van der Waals surface area (Å²) >= 11 is 0. The molecule has 0 saturated carbocycles. The molecule has 2 aromatic rings. The third-order valence-electron chi connectivity index (χ3n) is 3.93. The molecule has 1 aliphatic heterocycles. The van der Waals surface area contributed by atoms with Gasteiger partial charge in [-0.25, -0.2) is 0 Å². The fourth-order valence-electron chi connectivity index (χ4n) is 2.88. The SMILES string of the molecule is COCc1cccc(CN2CC[C@@](O)(c3cn[nH]n3)C2)c1. The molecule has 21 heavy (non-hydrogen) atoms. The summed E-state index contributed by atoms with van der Waals surface area (Å²) in [4.78, 5) is 2.24. The van der Waals surface area contributed by atoms with Crippen molar-refractivity contribution >= 4 is 0 Å². The van der Waals surface area contributed by atoms with E-state index in [1.807, 2.05) is 6.07 Å². The van der Waals surface area contributed by atoms with Crippen LogP contribution in [0.1, 0.15) is 23.2 Å². The lowest BCUT2D eigenvalue weighted by Crippen LogP contribution is -2.31. The van der Waals surface area contributed by atoms with Crippen molar-refractivity contribution in [2.24, 2.45) is 0 Å². The van der Waals surface area contributed by atoms with Gasteiger partial charge in [0, 0.05) is 26.7 Å². The van der Waals surface area contributed by atoms with E-state index < -0.39 is 5.60 Å². The van der Waals surface area contributed by atoms with E-state index in [0.29, 0.717) is 25.3 Å². The van der Waals surface area contributed by atoms with Gasteiger partial charge in [0.25, 0.3) is 0 Å². The van der Waals surface area contributed by atoms with Gasteiger partial charge in [0.1, 0.15) is 11.3 Å². The molecule has 0 bridgehead atoms. The van der Waals surface area contributed by atoms with Gasteiger partial charge in [-0.15, -0.1) is 0 Å². The minimum Gasteiger partial charge on any atom is -0.382 e. The van der Waals surface area contributed by atoms with Crippen molar-refractivity contribution in [2.45, 2.75) is 25.2 Å². The van der Waals surface area contributed by atoms with Crippen LogP contribution in [0.4, 0.5) is 0 Å². The van der Waals surface area contributed by atoms with Gasteiger partial charge < -0.3 is 9.84 Å². The summed E-state index contributed by atoms with van der Waals surface area (Å²) in [7, 11) is 1.70. The monoisotopic (exact) mass is 288 g/mol. The highest BCUT2D eigenvalue weighted by atomic mass is 16.5. The number of benzene rings is 1. The molecule has 3 rings (SSSR count). The number of ether oxygens (including phenoxy) is 1. The number of aromatic nitrogens is 3. The first kappa shape index (κ1) is 14.2. The van der Waals surface area contributed by atoms with Gasteiger partial charge in [0.2, 0.25) is 0 Å². The maximum atomic E-state index is 10.7. The maximum Gasteiger partial charge on any atom is 0.124 e. The summed E-state index contributed by atoms with van der Waals surface area (Å²) in [5, 5.41) is 21.0. The molecule has 1 aliphatic rings. The lowest BCUT2D eigenvalue weighted by atomic mass is 10.00. The molecular weight excluding hydrogens is 268 g/mol. The molecule has 0 aliphatic carbocycles. The lowest BCUT2D eigenvalue weighted by molar-refractivity contribution is 0.0408. The molecule has 0 unspecified atom stereocenters. The number of nitrogens with zero attached hydrogens (tertiary/aromatic N) is 3. The Morgan fingerprint density at radius 3 is 3.05 bits per heavy atom. The van der Waals surface area contributed by atoms with Crippen molar-refractivity contribution in [1.29, 1.82) is 0 Å². The van der Waals surface area contributed by atoms with Crippen molar-refractivity contribution in [3.63, 3.8) is 0 Å². The molecule has 2 heterocycles. The minimum atomic E-state index is -0.892. The zero-order valence-electron chi connectivity index (χ0n) is 12.1. The Balaban J connectivity index is 1.66. The quantitative estimate of drug-likeness (QED) is 0.860. The Morgan fingerprint density at radius 2 is 2.29 bits per heavy atom. The second-order valence-electron chi connectivity index (χ2n) is 5.60. The first-order valence-corrected chi connectivity index (χ1v) is 7.07. The Morgan fingerprint density at radius 1 is 1.43 bits per heavy atom. The van der Waals surface area contributed by atoms with Gasteiger partial charge in [-0.2, -0.15) is 15.4 Å². The molecule has 1 aromatic carbocycles. The second kappa shape index (κ2) is 5.93. The topological polar surface area (TPSA) is 74.3 Å². The standard InChI is InChI=1S/C15H20N4O2/c1-21-10-13-4-2-3-12(7-13)9-19-6-5-15(20,11-19)14-8-16-18-17-14/h2-4,7-8,20H,5-6,9-11H2,1H3,(H,16,17,18)/t15-/m0/s1. The predicted molar refractivity (Wildman–Crippen MR) is 77.3 cm³/mol. The predicted octanol–water partition coefficient (Wildman–Crippen LogP) is 1.04. The van der Waals surface area contributed by atoms with Gasteiger partial charge in [0.15, 0.2) is 0 Å². The number of methoxy groups -OCH3 is 1. The zero-order valence-corrected chi connectivity index (χ0v) is 12.1. The van der Waals surface area contributed by atoms with Gasteiger partial charge in [-0.05, 0) is 17.5 Å². The van der Waals surface area contributed by atoms with Crippen molar-refractivity contribution in [1.82, 2.24) is 20.3 Å². The van der Waals surface area contributed by atoms with Crippen molar-refractivity contribution < 1.29 is 9.84 Å². The average Bonchev–Trinajstić information content (AvgIpc) is 3.11. The summed E-state index contributed by atoms with van der Waals surface area (Å²) in [5.74, 6) is 0. The molecule has 1 saturated heterocycles. The fraction of sp³-hybridized carbons (Fsp3) is 0.467. The molecular formula is C15H20N4O2. The van der Waals surface area contributed by atoms with Crippen molar-refractivity contribution in [2.75, 3.05) is 20.2 Å². The molecule has 112 valence electrons. The number of nitrogens with one attached hydrogen (secondary N) is 1. The molecule has 0 amide bonds. The first-order valence-electron chi connectivity index (χ1n) is 7.07. The number of H-pyrrole nitrogens is 1. The Hall–Kier alpha value is -1.76. The Kier molecular flexibility index (Phi) is 4.01. The van der Waals surface area contributed by atoms with E-state index in [1.165, 1.54) is 11.1 Å². The highest BCUT2D eigenvalue weighted by molar-refractivity contribution is 5.23. The largest absolute Gasteiger partial charge is 0.382 e. The molecule has 6 nitrogen and oxygen atoms in total. The minimum absolute atomic E-state index is 0.577. The number of likely N-dealkylation sites (tertiary alicyclic amines) is 1. The number of aromatic amines is 1. The van der Waals surface area contributed by atoms with Crippen LogP contribution < -0.4 is 0 Å². The number of rotatable bonds is 5. The highest BCUT2D eigenvalue weighted by Gasteiger charge is 2.39. The van der Waals surface area contributed by atoms with E-state index in [0.717, 1.165) is 13.1 Å². The van der Waals surface area contributed by atoms with Crippen LogP contribution in [0.2, 0.25) is 0 Å². The van der Waals surface area contributed by atoms with Crippen LogP contribution in [0, 0.1) is 0 Å². The van der Waals surface area contributed by atoms with E-state index in [9.17, 15) is 5.11 Å². The summed E-state index contributed by atoms with van der Waals surface area (Å²) in [6.45, 7) is 2.86. The Labute approximate surface area is 123 Å². The number of β-amino-alcohol motifs (C(OH)–C–C–N with tert-alkyl or cyclic N) is 1. The third-order valence-corrected chi connectivity index (χ3v) is 3.93. The van der Waals surface area contributed by atoms with E-state index in [2.05, 4.69) is 38.5 Å². The normalized spacial score (nSPS) is 22.8. The van der Waals surface area contributed by atoms with Gasteiger partial charge in [-0.3, -0.25) is 4.90 Å². The Bertz CT molecular complexity index is 587. The molecule has 2 N–H and O–H groups in total. The van der Waals surface area contributed by atoms with Gasteiger partial charge >= 0.3 is 0 Å². The number of hydrogen-bond donors (Lipinski definition) is 2. The van der Waals surface area contributed by atoms with Gasteiger partial charge in [0.05, 0.1) is 12.8 Å². The molecule has 1 atom stereocenters. The zero-order chi connectivity index (χ0) is 14.7. The summed E-state index contributed by atoms with van der Waals surface area (Å²) in [5.41, 5.74) is 2.13. The molecule has 0 radical (unpaired) electrons. The smallest absolute Gasteiger partial charge is 0.124 e. The fourth-order valence-corrected chi connectivity index (χ4v) is 2.88. The van der Waals surface area contributed by atoms with Crippen LogP contribution in [0.3, 0.4) is 0 Å². The molecule has 1 fully saturated rings. The van der Waals surface area contributed by atoms with Gasteiger partial charge in [-0.1, -0.05) is 24.3 Å². The van der Waals surface area contributed by atoms with E-state index >= 15 is 0 Å². The van der Waals surface area contributed by atoms with E-state index in [4.69, 9.17) is 4.74 Å². The van der Waals surface area contributed by atoms with Crippen LogP contribution in [0.25, 0.3) is 0 Å². The summed E-state index contributed by atoms with van der Waals surface area (Å²) in [6.07, 6.45) is 2.28. The first-order chi connectivity index (χ1) is 10.2. The number of hydrogen-bond acceptors (Lipinski definition) is 5. The van der Waals surface area contributed by atoms with Crippen molar-refractivity contribution in [3.8, 4) is 0 Å². The van der Waals surface area contributed by atoms with E-state index in [-0.39, 0.29) is 0 Å². The van der Waals surface area contributed by atoms with Crippen LogP contribution in [0.5, 0.6) is 0 Å². The summed E-state index contributed by atoms with van der Waals surface area (Å²) < 4.78 is 5.16. The number of aliphatic hydroxyl groups is 1. The molecule has 0 spiro atoms. The van der Waals surface area contributed by atoms with Crippen LogP contribution in [-0.4, -0.2) is 45.6 Å². The highest BCUT2D eigenvalue weighted by Crippen LogP contribution is 2.30. The third kappa shape index (κ3) is 3.12. The van der Waals surface area contributed by atoms with Crippen molar-refractivity contribution in [3.05, 3.63) is 47.3 Å². The van der Waals surface area contributed by atoms with Crippen LogP contribution in [-0.2, 0) is 23.5 Å². The molecule has 6 heteroatoms. The summed E-state index contributed by atoms with van der Waals surface area (Å²) in [6, 6.07) is 8.36.